The first kappa shape index (κ1) is 22.5. The van der Waals surface area contributed by atoms with Gasteiger partial charge in [0.25, 0.3) is 0 Å². The van der Waals surface area contributed by atoms with Gasteiger partial charge in [-0.25, -0.2) is 8.78 Å². The first-order chi connectivity index (χ1) is 13.8. The van der Waals surface area contributed by atoms with Crippen LogP contribution >= 0.6 is 0 Å². The molecule has 0 N–H and O–H groups in total. The molecule has 0 aliphatic carbocycles. The highest BCUT2D eigenvalue weighted by molar-refractivity contribution is 5.45. The van der Waals surface area contributed by atoms with Crippen LogP contribution in [0.3, 0.4) is 0 Å². The maximum absolute atomic E-state index is 14.0. The molecule has 0 saturated heterocycles. The van der Waals surface area contributed by atoms with Crippen molar-refractivity contribution < 1.29 is 26.7 Å². The summed E-state index contributed by atoms with van der Waals surface area (Å²) >= 11 is 0. The second-order valence-electron chi connectivity index (χ2n) is 6.43. The summed E-state index contributed by atoms with van der Waals surface area (Å²) in [7, 11) is 0. The molecule has 0 heterocycles. The van der Waals surface area contributed by atoms with Gasteiger partial charge in [-0.15, -0.1) is 0 Å². The van der Waals surface area contributed by atoms with Crippen molar-refractivity contribution in [2.24, 2.45) is 0 Å². The summed E-state index contributed by atoms with van der Waals surface area (Å²) in [4.78, 5) is 0. The Hall–Kier alpha value is -2.81. The fraction of sp³-hybridized carbons (Fsp3) is 0.304. The van der Waals surface area contributed by atoms with Crippen LogP contribution in [0.1, 0.15) is 42.9 Å². The molecule has 0 saturated carbocycles. The van der Waals surface area contributed by atoms with E-state index in [1.807, 2.05) is 24.3 Å². The van der Waals surface area contributed by atoms with E-state index in [0.29, 0.717) is 11.6 Å². The number of unbranched alkanes of at least 4 members (excludes halogenated alkanes) is 2. The molecule has 0 unspecified atom stereocenters. The van der Waals surface area contributed by atoms with Crippen LogP contribution < -0.4 is 4.74 Å². The van der Waals surface area contributed by atoms with Gasteiger partial charge >= 0.3 is 6.18 Å². The fourth-order valence-electron chi connectivity index (χ4n) is 2.56. The maximum atomic E-state index is 14.0. The van der Waals surface area contributed by atoms with Crippen LogP contribution in [0.25, 0.3) is 0 Å². The third-order valence-electron chi connectivity index (χ3n) is 4.00. The predicted octanol–water partition coefficient (Wildman–Crippen LogP) is 6.59. The Morgan fingerprint density at radius 2 is 1.55 bits per heavy atom. The molecule has 6 heteroatoms. The SMILES string of the molecule is CCCCCc1ccc(C#Cc2cc(F)c(OC/C=C/C(F)(F)F)c(F)c2)cc1. The average molecular weight is 408 g/mol. The zero-order valence-electron chi connectivity index (χ0n) is 16.0. The lowest BCUT2D eigenvalue weighted by Gasteiger charge is -2.07. The number of ether oxygens (including phenoxy) is 1. The topological polar surface area (TPSA) is 9.23 Å². The fourth-order valence-corrected chi connectivity index (χ4v) is 2.56. The molecule has 1 nitrogen and oxygen atoms in total. The van der Waals surface area contributed by atoms with E-state index in [4.69, 9.17) is 4.74 Å². The van der Waals surface area contributed by atoms with E-state index in [2.05, 4.69) is 18.8 Å². The summed E-state index contributed by atoms with van der Waals surface area (Å²) in [6, 6.07) is 9.63. The van der Waals surface area contributed by atoms with Gasteiger partial charge in [-0.1, -0.05) is 43.7 Å². The predicted molar refractivity (Wildman–Crippen MR) is 103 cm³/mol. The van der Waals surface area contributed by atoms with E-state index in [0.717, 1.165) is 31.4 Å². The minimum Gasteiger partial charge on any atom is -0.483 e. The summed E-state index contributed by atoms with van der Waals surface area (Å²) in [6.45, 7) is 1.54. The molecular weight excluding hydrogens is 387 g/mol. The highest BCUT2D eigenvalue weighted by atomic mass is 19.4. The number of aryl methyl sites for hydroxylation is 1. The summed E-state index contributed by atoms with van der Waals surface area (Å²) in [5, 5.41) is 0. The lowest BCUT2D eigenvalue weighted by molar-refractivity contribution is -0.0801. The van der Waals surface area contributed by atoms with Gasteiger partial charge in [0.15, 0.2) is 17.4 Å². The van der Waals surface area contributed by atoms with Crippen LogP contribution in [0.2, 0.25) is 0 Å². The van der Waals surface area contributed by atoms with Gasteiger partial charge in [0.05, 0.1) is 0 Å². The molecule has 154 valence electrons. The van der Waals surface area contributed by atoms with Crippen LogP contribution in [0, 0.1) is 23.5 Å². The summed E-state index contributed by atoms with van der Waals surface area (Å²) in [5.74, 6) is 2.73. The lowest BCUT2D eigenvalue weighted by Crippen LogP contribution is -2.04. The molecule has 0 aliphatic rings. The largest absolute Gasteiger partial charge is 0.483 e. The van der Waals surface area contributed by atoms with Gasteiger partial charge in [0, 0.05) is 17.2 Å². The molecule has 0 spiro atoms. The Bertz CT molecular complexity index is 863. The Kier molecular flexibility index (Phi) is 8.26. The Balaban J connectivity index is 2.03. The van der Waals surface area contributed by atoms with Gasteiger partial charge in [-0.2, -0.15) is 13.2 Å². The second kappa shape index (κ2) is 10.7. The minimum atomic E-state index is -4.51. The zero-order valence-corrected chi connectivity index (χ0v) is 16.0. The van der Waals surface area contributed by atoms with Crippen molar-refractivity contribution in [2.75, 3.05) is 6.61 Å². The van der Waals surface area contributed by atoms with Gasteiger partial charge in [-0.05, 0) is 48.7 Å². The third-order valence-corrected chi connectivity index (χ3v) is 4.00. The minimum absolute atomic E-state index is 0.0578. The van der Waals surface area contributed by atoms with E-state index in [1.165, 1.54) is 12.0 Å². The number of hydrogen-bond donors (Lipinski definition) is 0. The standard InChI is InChI=1S/C23H21F5O/c1-2-3-4-6-17-7-9-18(10-8-17)11-12-19-15-20(24)22(21(25)16-19)29-14-5-13-23(26,27)28/h5,7-10,13,15-16H,2-4,6,14H2,1H3/b13-5+. The van der Waals surface area contributed by atoms with Crippen molar-refractivity contribution in [3.63, 3.8) is 0 Å². The van der Waals surface area contributed by atoms with Crippen LogP contribution in [0.15, 0.2) is 48.6 Å². The van der Waals surface area contributed by atoms with Crippen molar-refractivity contribution >= 4 is 0 Å². The van der Waals surface area contributed by atoms with Gasteiger partial charge < -0.3 is 4.74 Å². The van der Waals surface area contributed by atoms with E-state index in [1.54, 1.807) is 0 Å². The van der Waals surface area contributed by atoms with Crippen LogP contribution in [-0.4, -0.2) is 12.8 Å². The smallest absolute Gasteiger partial charge is 0.409 e. The summed E-state index contributed by atoms with van der Waals surface area (Å²) in [6.07, 6.45) is 0.531. The maximum Gasteiger partial charge on any atom is 0.409 e. The second-order valence-corrected chi connectivity index (χ2v) is 6.43. The Labute approximate surface area is 167 Å². The molecule has 0 atom stereocenters. The number of rotatable bonds is 7. The number of halogens is 5. The normalized spacial score (nSPS) is 11.4. The monoisotopic (exact) mass is 408 g/mol. The van der Waals surface area contributed by atoms with Gasteiger partial charge in [0.1, 0.15) is 6.61 Å². The molecule has 2 aromatic carbocycles. The Morgan fingerprint density at radius 3 is 2.14 bits per heavy atom. The molecular formula is C23H21F5O. The van der Waals surface area contributed by atoms with Crippen molar-refractivity contribution in [3.05, 3.63) is 76.9 Å². The average Bonchev–Trinajstić information content (AvgIpc) is 2.65. The molecule has 0 amide bonds. The highest BCUT2D eigenvalue weighted by Gasteiger charge is 2.21. The van der Waals surface area contributed by atoms with Gasteiger partial charge in [-0.3, -0.25) is 0 Å². The summed E-state index contributed by atoms with van der Waals surface area (Å²) < 4.78 is 68.8. The van der Waals surface area contributed by atoms with Gasteiger partial charge in [0.2, 0.25) is 0 Å². The molecule has 0 bridgehead atoms. The van der Waals surface area contributed by atoms with Crippen LogP contribution in [0.5, 0.6) is 5.75 Å². The van der Waals surface area contributed by atoms with Crippen LogP contribution in [-0.2, 0) is 6.42 Å². The van der Waals surface area contributed by atoms with E-state index < -0.39 is 30.2 Å². The number of benzene rings is 2. The number of allylic oxidation sites excluding steroid dienone is 1. The summed E-state index contributed by atoms with van der Waals surface area (Å²) in [5.41, 5.74) is 2.02. The first-order valence-corrected chi connectivity index (χ1v) is 9.25. The highest BCUT2D eigenvalue weighted by Crippen LogP contribution is 2.23. The van der Waals surface area contributed by atoms with E-state index >= 15 is 0 Å². The number of hydrogen-bond acceptors (Lipinski definition) is 1. The third kappa shape index (κ3) is 7.98. The van der Waals surface area contributed by atoms with Crippen LogP contribution in [0.4, 0.5) is 22.0 Å². The first-order valence-electron chi connectivity index (χ1n) is 9.25. The van der Waals surface area contributed by atoms with Crippen molar-refractivity contribution in [2.45, 2.75) is 38.8 Å². The van der Waals surface area contributed by atoms with Crippen molar-refractivity contribution in [1.29, 1.82) is 0 Å². The molecule has 2 rings (SSSR count). The van der Waals surface area contributed by atoms with E-state index in [-0.39, 0.29) is 11.6 Å². The quantitative estimate of drug-likeness (QED) is 0.217. The van der Waals surface area contributed by atoms with Crippen molar-refractivity contribution in [3.8, 4) is 17.6 Å². The lowest BCUT2D eigenvalue weighted by atomic mass is 10.1. The van der Waals surface area contributed by atoms with Crippen molar-refractivity contribution in [1.82, 2.24) is 0 Å². The molecule has 2 aromatic rings. The zero-order chi connectivity index (χ0) is 21.3. The molecule has 0 radical (unpaired) electrons. The Morgan fingerprint density at radius 1 is 0.931 bits per heavy atom. The molecule has 29 heavy (non-hydrogen) atoms. The number of alkyl halides is 3. The molecule has 0 aromatic heterocycles. The molecule has 0 fully saturated rings. The van der Waals surface area contributed by atoms with E-state index in [9.17, 15) is 22.0 Å². The molecule has 0 aliphatic heterocycles.